The summed E-state index contributed by atoms with van der Waals surface area (Å²) in [7, 11) is 0. The molecule has 0 saturated heterocycles. The highest BCUT2D eigenvalue weighted by Crippen LogP contribution is 2.57. The highest BCUT2D eigenvalue weighted by Gasteiger charge is 2.56. The molecule has 0 bridgehead atoms. The number of halogens is 3. The third kappa shape index (κ3) is 2.72. The van der Waals surface area contributed by atoms with Gasteiger partial charge in [-0.1, -0.05) is 34.6 Å². The summed E-state index contributed by atoms with van der Waals surface area (Å²) in [6, 6.07) is 0. The minimum absolute atomic E-state index is 0.190. The van der Waals surface area contributed by atoms with Crippen molar-refractivity contribution >= 4 is 0 Å². The standard InChI is InChI=1S/C13H23F3/c1-9(2)10-6-11(3,4)8-12(5,7-10)13(14,15)16/h9-10H,6-8H2,1-5H3/t10-,12?/m0/s1. The molecule has 2 atom stereocenters. The fourth-order valence-electron chi connectivity index (χ4n) is 3.25. The second kappa shape index (κ2) is 3.92. The van der Waals surface area contributed by atoms with Crippen LogP contribution < -0.4 is 0 Å². The van der Waals surface area contributed by atoms with Crippen molar-refractivity contribution in [2.24, 2.45) is 22.7 Å². The number of hydrogen-bond donors (Lipinski definition) is 0. The smallest absolute Gasteiger partial charge is 0.171 e. The van der Waals surface area contributed by atoms with Gasteiger partial charge in [0, 0.05) is 0 Å². The lowest BCUT2D eigenvalue weighted by atomic mass is 9.58. The summed E-state index contributed by atoms with van der Waals surface area (Å²) in [6.45, 7) is 9.38. The van der Waals surface area contributed by atoms with Crippen molar-refractivity contribution < 1.29 is 13.2 Å². The van der Waals surface area contributed by atoms with Crippen LogP contribution in [0.25, 0.3) is 0 Å². The van der Waals surface area contributed by atoms with E-state index < -0.39 is 11.6 Å². The van der Waals surface area contributed by atoms with Gasteiger partial charge in [-0.15, -0.1) is 0 Å². The number of alkyl halides is 3. The van der Waals surface area contributed by atoms with E-state index in [2.05, 4.69) is 0 Å². The van der Waals surface area contributed by atoms with Gasteiger partial charge in [-0.25, -0.2) is 0 Å². The Kier molecular flexibility index (Phi) is 3.39. The highest BCUT2D eigenvalue weighted by molar-refractivity contribution is 4.95. The molecule has 0 spiro atoms. The number of rotatable bonds is 1. The van der Waals surface area contributed by atoms with Crippen LogP contribution in [-0.4, -0.2) is 6.18 Å². The molecule has 1 unspecified atom stereocenters. The molecule has 1 aliphatic rings. The summed E-state index contributed by atoms with van der Waals surface area (Å²) in [5.74, 6) is 0.525. The molecule has 0 heterocycles. The van der Waals surface area contributed by atoms with Crippen LogP contribution in [0.15, 0.2) is 0 Å². The molecule has 0 aromatic heterocycles. The Labute approximate surface area is 96.6 Å². The summed E-state index contributed by atoms with van der Waals surface area (Å²) >= 11 is 0. The van der Waals surface area contributed by atoms with Crippen LogP contribution in [-0.2, 0) is 0 Å². The number of hydrogen-bond acceptors (Lipinski definition) is 0. The third-order valence-electron chi connectivity index (χ3n) is 4.02. The first-order chi connectivity index (χ1) is 6.97. The summed E-state index contributed by atoms with van der Waals surface area (Å²) in [5, 5.41) is 0. The Balaban J connectivity index is 2.97. The topological polar surface area (TPSA) is 0 Å². The normalized spacial score (nSPS) is 35.4. The summed E-state index contributed by atoms with van der Waals surface area (Å²) in [4.78, 5) is 0. The van der Waals surface area contributed by atoms with Crippen molar-refractivity contribution in [1.29, 1.82) is 0 Å². The van der Waals surface area contributed by atoms with Gasteiger partial charge in [0.25, 0.3) is 0 Å². The van der Waals surface area contributed by atoms with Crippen LogP contribution in [0.3, 0.4) is 0 Å². The molecule has 1 rings (SSSR count). The Morgan fingerprint density at radius 3 is 1.94 bits per heavy atom. The Morgan fingerprint density at radius 2 is 1.56 bits per heavy atom. The van der Waals surface area contributed by atoms with Crippen LogP contribution in [0.4, 0.5) is 13.2 Å². The van der Waals surface area contributed by atoms with Crippen molar-refractivity contribution in [2.75, 3.05) is 0 Å². The SMILES string of the molecule is CC(C)[C@H]1CC(C)(C)CC(C)(C(F)(F)F)C1. The first-order valence-corrected chi connectivity index (χ1v) is 6.04. The van der Waals surface area contributed by atoms with Crippen LogP contribution in [0.1, 0.15) is 53.9 Å². The van der Waals surface area contributed by atoms with Gasteiger partial charge in [0.15, 0.2) is 0 Å². The molecule has 3 heteroatoms. The molecule has 1 saturated carbocycles. The van der Waals surface area contributed by atoms with Gasteiger partial charge < -0.3 is 0 Å². The highest BCUT2D eigenvalue weighted by atomic mass is 19.4. The van der Waals surface area contributed by atoms with Crippen LogP contribution >= 0.6 is 0 Å². The van der Waals surface area contributed by atoms with Crippen molar-refractivity contribution in [2.45, 2.75) is 60.1 Å². The maximum absolute atomic E-state index is 13.1. The Morgan fingerprint density at radius 1 is 1.06 bits per heavy atom. The van der Waals surface area contributed by atoms with E-state index in [-0.39, 0.29) is 24.2 Å². The van der Waals surface area contributed by atoms with Gasteiger partial charge in [0.1, 0.15) is 0 Å². The van der Waals surface area contributed by atoms with Crippen molar-refractivity contribution in [3.8, 4) is 0 Å². The summed E-state index contributed by atoms with van der Waals surface area (Å²) < 4.78 is 39.3. The van der Waals surface area contributed by atoms with Gasteiger partial charge >= 0.3 is 6.18 Å². The van der Waals surface area contributed by atoms with Crippen molar-refractivity contribution in [3.05, 3.63) is 0 Å². The minimum atomic E-state index is -4.07. The van der Waals surface area contributed by atoms with E-state index in [1.54, 1.807) is 0 Å². The van der Waals surface area contributed by atoms with Gasteiger partial charge in [0.2, 0.25) is 0 Å². The molecular weight excluding hydrogens is 213 g/mol. The lowest BCUT2D eigenvalue weighted by molar-refractivity contribution is -0.245. The van der Waals surface area contributed by atoms with E-state index in [9.17, 15) is 13.2 Å². The average molecular weight is 236 g/mol. The van der Waals surface area contributed by atoms with Crippen LogP contribution in [0, 0.1) is 22.7 Å². The fourth-order valence-corrected chi connectivity index (χ4v) is 3.25. The largest absolute Gasteiger partial charge is 0.394 e. The van der Waals surface area contributed by atoms with Crippen LogP contribution in [0.5, 0.6) is 0 Å². The predicted octanol–water partition coefficient (Wildman–Crippen LogP) is 5.04. The molecule has 0 aliphatic heterocycles. The maximum atomic E-state index is 13.1. The monoisotopic (exact) mass is 236 g/mol. The molecule has 16 heavy (non-hydrogen) atoms. The molecule has 0 N–H and O–H groups in total. The lowest BCUT2D eigenvalue weighted by Gasteiger charge is -2.48. The molecular formula is C13H23F3. The quantitative estimate of drug-likeness (QED) is 0.598. The Bertz CT molecular complexity index is 252. The predicted molar refractivity (Wildman–Crippen MR) is 60.1 cm³/mol. The van der Waals surface area contributed by atoms with Gasteiger partial charge in [0.05, 0.1) is 5.41 Å². The first-order valence-electron chi connectivity index (χ1n) is 6.04. The zero-order valence-electron chi connectivity index (χ0n) is 10.9. The lowest BCUT2D eigenvalue weighted by Crippen LogP contribution is -2.46. The van der Waals surface area contributed by atoms with Crippen LogP contribution in [0.2, 0.25) is 0 Å². The molecule has 0 aromatic carbocycles. The second-order valence-corrected chi connectivity index (χ2v) is 6.81. The van der Waals surface area contributed by atoms with E-state index >= 15 is 0 Å². The Hall–Kier alpha value is -0.210. The molecule has 0 amide bonds. The van der Waals surface area contributed by atoms with E-state index in [1.165, 1.54) is 6.92 Å². The van der Waals surface area contributed by atoms with E-state index in [0.717, 1.165) is 6.42 Å². The zero-order chi connectivity index (χ0) is 12.8. The van der Waals surface area contributed by atoms with Gasteiger partial charge in [-0.2, -0.15) is 13.2 Å². The zero-order valence-corrected chi connectivity index (χ0v) is 10.9. The minimum Gasteiger partial charge on any atom is -0.171 e. The van der Waals surface area contributed by atoms with Crippen molar-refractivity contribution in [1.82, 2.24) is 0 Å². The molecule has 0 nitrogen and oxygen atoms in total. The average Bonchev–Trinajstić information content (AvgIpc) is 1.97. The summed E-state index contributed by atoms with van der Waals surface area (Å²) in [6.07, 6.45) is -2.61. The maximum Gasteiger partial charge on any atom is 0.394 e. The molecule has 96 valence electrons. The molecule has 1 fully saturated rings. The molecule has 0 aromatic rings. The van der Waals surface area contributed by atoms with E-state index in [4.69, 9.17) is 0 Å². The fraction of sp³-hybridized carbons (Fsp3) is 1.00. The summed E-state index contributed by atoms with van der Waals surface area (Å²) in [5.41, 5.74) is -1.69. The van der Waals surface area contributed by atoms with Crippen molar-refractivity contribution in [3.63, 3.8) is 0 Å². The van der Waals surface area contributed by atoms with E-state index in [0.29, 0.717) is 5.92 Å². The van der Waals surface area contributed by atoms with E-state index in [1.807, 2.05) is 27.7 Å². The van der Waals surface area contributed by atoms with Gasteiger partial charge in [-0.3, -0.25) is 0 Å². The second-order valence-electron chi connectivity index (χ2n) is 6.81. The van der Waals surface area contributed by atoms with Gasteiger partial charge in [-0.05, 0) is 36.5 Å². The molecule has 0 radical (unpaired) electrons. The third-order valence-corrected chi connectivity index (χ3v) is 4.02. The molecule has 1 aliphatic carbocycles. The first kappa shape index (κ1) is 13.9.